The van der Waals surface area contributed by atoms with Crippen molar-refractivity contribution < 1.29 is 9.59 Å². The largest absolute Gasteiger partial charge is 0.368 e. The number of carbonyl (C=O) groups is 2. The number of aryl methyl sites for hydroxylation is 1. The van der Waals surface area contributed by atoms with Crippen molar-refractivity contribution in [3.63, 3.8) is 0 Å². The molecule has 0 aliphatic heterocycles. The predicted molar refractivity (Wildman–Crippen MR) is 108 cm³/mol. The molecule has 2 amide bonds. The molecule has 3 rings (SSSR count). The smallest absolute Gasteiger partial charge is 0.274 e. The van der Waals surface area contributed by atoms with Crippen LogP contribution in [0.1, 0.15) is 21.1 Å². The van der Waals surface area contributed by atoms with Crippen LogP contribution in [0.5, 0.6) is 0 Å². The highest BCUT2D eigenvalue weighted by atomic mass is 32.1. The maximum Gasteiger partial charge on any atom is 0.274 e. The number of hydrogen-bond donors (Lipinski definition) is 1. The summed E-state index contributed by atoms with van der Waals surface area (Å²) in [5.41, 5.74) is 7.83. The fraction of sp³-hybridized carbons (Fsp3) is 0.190. The van der Waals surface area contributed by atoms with E-state index in [1.165, 1.54) is 16.2 Å². The number of hydrogen-bond acceptors (Lipinski definition) is 4. The molecule has 2 aromatic carbocycles. The molecule has 1 atom stereocenters. The molecule has 1 aromatic heterocycles. The number of primary amides is 1. The van der Waals surface area contributed by atoms with Crippen molar-refractivity contribution in [2.24, 2.45) is 5.73 Å². The van der Waals surface area contributed by atoms with E-state index in [4.69, 9.17) is 5.73 Å². The molecular formula is C21H21N3O2S. The summed E-state index contributed by atoms with van der Waals surface area (Å²) in [4.78, 5) is 31.8. The summed E-state index contributed by atoms with van der Waals surface area (Å²) in [7, 11) is 1.60. The molecule has 0 spiro atoms. The lowest BCUT2D eigenvalue weighted by Crippen LogP contribution is -2.47. The maximum atomic E-state index is 13.2. The monoisotopic (exact) mass is 379 g/mol. The summed E-state index contributed by atoms with van der Waals surface area (Å²) in [6.07, 6.45) is 0.363. The Morgan fingerprint density at radius 3 is 2.26 bits per heavy atom. The Kier molecular flexibility index (Phi) is 5.66. The first-order valence-corrected chi connectivity index (χ1v) is 9.42. The minimum Gasteiger partial charge on any atom is -0.368 e. The summed E-state index contributed by atoms with van der Waals surface area (Å²) in [6, 6.07) is 18.4. The van der Waals surface area contributed by atoms with Crippen molar-refractivity contribution >= 4 is 23.2 Å². The molecule has 0 saturated heterocycles. The summed E-state index contributed by atoms with van der Waals surface area (Å²) in [5, 5.41) is 0.796. The van der Waals surface area contributed by atoms with Gasteiger partial charge >= 0.3 is 0 Å². The minimum absolute atomic E-state index is 0.307. The Morgan fingerprint density at radius 2 is 1.67 bits per heavy atom. The van der Waals surface area contributed by atoms with Gasteiger partial charge in [-0.3, -0.25) is 9.59 Å². The zero-order valence-electron chi connectivity index (χ0n) is 15.3. The molecule has 0 bridgehead atoms. The second-order valence-corrected chi connectivity index (χ2v) is 7.50. The molecule has 0 unspecified atom stereocenters. The van der Waals surface area contributed by atoms with Crippen LogP contribution in [0.4, 0.5) is 0 Å². The van der Waals surface area contributed by atoms with E-state index < -0.39 is 11.9 Å². The lowest BCUT2D eigenvalue weighted by Gasteiger charge is -2.25. The molecule has 0 aliphatic carbocycles. The molecule has 0 saturated carbocycles. The predicted octanol–water partition coefficient (Wildman–Crippen LogP) is 3.29. The van der Waals surface area contributed by atoms with Crippen molar-refractivity contribution in [2.75, 3.05) is 7.05 Å². The van der Waals surface area contributed by atoms with Crippen LogP contribution in [-0.2, 0) is 11.2 Å². The molecule has 6 heteroatoms. The Morgan fingerprint density at radius 1 is 1.07 bits per heavy atom. The van der Waals surface area contributed by atoms with E-state index in [9.17, 15) is 9.59 Å². The number of amides is 2. The fourth-order valence-electron chi connectivity index (χ4n) is 2.93. The van der Waals surface area contributed by atoms with Gasteiger partial charge in [0, 0.05) is 13.5 Å². The van der Waals surface area contributed by atoms with E-state index in [2.05, 4.69) is 4.98 Å². The van der Waals surface area contributed by atoms with Crippen molar-refractivity contribution in [1.82, 2.24) is 9.88 Å². The van der Waals surface area contributed by atoms with Crippen molar-refractivity contribution in [2.45, 2.75) is 19.4 Å². The quantitative estimate of drug-likeness (QED) is 0.714. The zero-order chi connectivity index (χ0) is 19.4. The Hall–Kier alpha value is -2.99. The third-order valence-corrected chi connectivity index (χ3v) is 5.38. The number of likely N-dealkylation sites (N-methyl/N-ethyl adjacent to an activating group) is 1. The van der Waals surface area contributed by atoms with Gasteiger partial charge in [0.05, 0.1) is 9.88 Å². The molecule has 138 valence electrons. The number of nitrogens with two attached hydrogens (primary N) is 1. The lowest BCUT2D eigenvalue weighted by atomic mass is 10.0. The van der Waals surface area contributed by atoms with Gasteiger partial charge in [0.1, 0.15) is 11.7 Å². The van der Waals surface area contributed by atoms with Crippen LogP contribution < -0.4 is 5.73 Å². The standard InChI is InChI=1S/C21H21N3O2S/c1-14-23-18(19(27-14)16-11-7-4-8-12-16)21(26)24(2)17(20(22)25)13-15-9-5-3-6-10-15/h3-12,17H,13H2,1-2H3,(H2,22,25)/t17-/m0/s1. The Bertz CT molecular complexity index is 939. The molecule has 27 heavy (non-hydrogen) atoms. The molecule has 5 nitrogen and oxygen atoms in total. The molecular weight excluding hydrogens is 358 g/mol. The third kappa shape index (κ3) is 4.23. The molecule has 2 N–H and O–H groups in total. The average molecular weight is 379 g/mol. The molecule has 0 aliphatic rings. The van der Waals surface area contributed by atoms with Crippen LogP contribution in [-0.4, -0.2) is 34.8 Å². The van der Waals surface area contributed by atoms with Gasteiger partial charge in [-0.05, 0) is 18.1 Å². The van der Waals surface area contributed by atoms with Crippen LogP contribution in [0.15, 0.2) is 60.7 Å². The first-order valence-electron chi connectivity index (χ1n) is 8.60. The topological polar surface area (TPSA) is 76.3 Å². The highest BCUT2D eigenvalue weighted by molar-refractivity contribution is 7.15. The maximum absolute atomic E-state index is 13.2. The van der Waals surface area contributed by atoms with Crippen molar-refractivity contribution in [3.8, 4) is 10.4 Å². The summed E-state index contributed by atoms with van der Waals surface area (Å²) < 4.78 is 0. The van der Waals surface area contributed by atoms with Gasteiger partial charge in [0.15, 0.2) is 0 Å². The Labute approximate surface area is 162 Å². The number of benzene rings is 2. The Balaban J connectivity index is 1.91. The number of rotatable bonds is 6. The number of thiazole rings is 1. The molecule has 1 heterocycles. The minimum atomic E-state index is -0.745. The van der Waals surface area contributed by atoms with Gasteiger partial charge in [0.25, 0.3) is 5.91 Å². The highest BCUT2D eigenvalue weighted by Crippen LogP contribution is 2.31. The summed E-state index contributed by atoms with van der Waals surface area (Å²) >= 11 is 1.46. The van der Waals surface area contributed by atoms with Gasteiger partial charge < -0.3 is 10.6 Å². The number of carbonyl (C=O) groups excluding carboxylic acids is 2. The van der Waals surface area contributed by atoms with E-state index in [0.29, 0.717) is 12.1 Å². The van der Waals surface area contributed by atoms with Gasteiger partial charge in [-0.2, -0.15) is 0 Å². The van der Waals surface area contributed by atoms with E-state index in [-0.39, 0.29) is 5.91 Å². The van der Waals surface area contributed by atoms with Crippen molar-refractivity contribution in [1.29, 1.82) is 0 Å². The highest BCUT2D eigenvalue weighted by Gasteiger charge is 2.29. The number of nitrogens with zero attached hydrogens (tertiary/aromatic N) is 2. The molecule has 0 fully saturated rings. The van der Waals surface area contributed by atoms with Crippen LogP contribution in [0.25, 0.3) is 10.4 Å². The van der Waals surface area contributed by atoms with E-state index in [0.717, 1.165) is 21.0 Å². The zero-order valence-corrected chi connectivity index (χ0v) is 16.1. The second-order valence-electron chi connectivity index (χ2n) is 6.30. The second kappa shape index (κ2) is 8.14. The van der Waals surface area contributed by atoms with Gasteiger partial charge in [-0.1, -0.05) is 60.7 Å². The van der Waals surface area contributed by atoms with E-state index >= 15 is 0 Å². The average Bonchev–Trinajstić information content (AvgIpc) is 3.08. The first-order chi connectivity index (χ1) is 13.0. The first kappa shape index (κ1) is 18.8. The van der Waals surface area contributed by atoms with Crippen LogP contribution in [0.3, 0.4) is 0 Å². The van der Waals surface area contributed by atoms with Crippen LogP contribution in [0.2, 0.25) is 0 Å². The van der Waals surface area contributed by atoms with Crippen LogP contribution >= 0.6 is 11.3 Å². The lowest BCUT2D eigenvalue weighted by molar-refractivity contribution is -0.122. The third-order valence-electron chi connectivity index (χ3n) is 4.36. The number of aromatic nitrogens is 1. The van der Waals surface area contributed by atoms with E-state index in [1.807, 2.05) is 67.6 Å². The van der Waals surface area contributed by atoms with E-state index in [1.54, 1.807) is 7.05 Å². The van der Waals surface area contributed by atoms with Gasteiger partial charge in [-0.15, -0.1) is 11.3 Å². The summed E-state index contributed by atoms with van der Waals surface area (Å²) in [5.74, 6) is -0.846. The normalized spacial score (nSPS) is 11.8. The molecule has 3 aromatic rings. The van der Waals surface area contributed by atoms with Gasteiger partial charge in [-0.25, -0.2) is 4.98 Å². The summed E-state index contributed by atoms with van der Waals surface area (Å²) in [6.45, 7) is 1.86. The SMILES string of the molecule is Cc1nc(C(=O)N(C)[C@@H](Cc2ccccc2)C(N)=O)c(-c2ccccc2)s1. The van der Waals surface area contributed by atoms with Crippen molar-refractivity contribution in [3.05, 3.63) is 76.9 Å². The van der Waals surface area contributed by atoms with Gasteiger partial charge in [0.2, 0.25) is 5.91 Å². The fourth-order valence-corrected chi connectivity index (χ4v) is 3.85. The molecule has 0 radical (unpaired) electrons. The van der Waals surface area contributed by atoms with Crippen LogP contribution in [0, 0.1) is 6.92 Å².